The third-order valence-electron chi connectivity index (χ3n) is 14.4. The van der Waals surface area contributed by atoms with Crippen LogP contribution in [0.2, 0.25) is 0 Å². The van der Waals surface area contributed by atoms with Crippen LogP contribution in [-0.2, 0) is 28.6 Å². The van der Waals surface area contributed by atoms with Gasteiger partial charge in [0.15, 0.2) is 6.10 Å². The molecule has 0 rings (SSSR count). The molecule has 6 nitrogen and oxygen atoms in total. The van der Waals surface area contributed by atoms with Gasteiger partial charge in [0.2, 0.25) is 0 Å². The summed E-state index contributed by atoms with van der Waals surface area (Å²) < 4.78 is 16.9. The number of allylic oxidation sites excluding steroid dienone is 22. The smallest absolute Gasteiger partial charge is 0.306 e. The highest BCUT2D eigenvalue weighted by Crippen LogP contribution is 2.15. The second-order valence-electron chi connectivity index (χ2n) is 22.3. The topological polar surface area (TPSA) is 78.9 Å². The first-order valence-electron chi connectivity index (χ1n) is 34.2. The lowest BCUT2D eigenvalue weighted by atomic mass is 10.1. The van der Waals surface area contributed by atoms with Crippen LogP contribution in [0.5, 0.6) is 0 Å². The summed E-state index contributed by atoms with van der Waals surface area (Å²) in [7, 11) is 0. The number of unbranched alkanes of at least 4 members (excludes halogenated alkanes) is 28. The molecule has 0 radical (unpaired) electrons. The van der Waals surface area contributed by atoms with Crippen molar-refractivity contribution in [3.63, 3.8) is 0 Å². The minimum absolute atomic E-state index is 0.0946. The third-order valence-corrected chi connectivity index (χ3v) is 14.4. The molecule has 0 aromatic carbocycles. The van der Waals surface area contributed by atoms with Crippen molar-refractivity contribution >= 4 is 17.9 Å². The van der Waals surface area contributed by atoms with Crippen LogP contribution in [0.15, 0.2) is 134 Å². The summed E-state index contributed by atoms with van der Waals surface area (Å²) in [5.41, 5.74) is 0. The number of esters is 3. The lowest BCUT2D eigenvalue weighted by molar-refractivity contribution is -0.167. The predicted octanol–water partition coefficient (Wildman–Crippen LogP) is 23.7. The van der Waals surface area contributed by atoms with Crippen molar-refractivity contribution in [2.75, 3.05) is 13.2 Å². The molecule has 0 aromatic rings. The van der Waals surface area contributed by atoms with Gasteiger partial charge in [-0.3, -0.25) is 14.4 Å². The maximum Gasteiger partial charge on any atom is 0.306 e. The summed E-state index contributed by atoms with van der Waals surface area (Å²) in [6.07, 6.45) is 97.4. The molecule has 82 heavy (non-hydrogen) atoms. The number of rotatable bonds is 61. The number of hydrogen-bond donors (Lipinski definition) is 0. The number of carbonyl (C=O) groups is 3. The standard InChI is InChI=1S/C76H126O6/c1-4-7-10-13-16-19-22-25-28-31-33-34-35-36-37-38-39-40-41-42-44-45-48-51-54-57-60-63-66-69-75(78)81-72-73(71-80-74(77)68-65-62-59-56-53-50-47-30-27-24-21-18-15-12-9-6-3)82-76(79)70-67-64-61-58-55-52-49-46-43-32-29-26-23-20-17-14-11-8-5-2/h7,10,16-17,19-20,25-26,28-30,33-34,36-37,39-40,42,44,47-48,51,73H,4-6,8-9,11-15,18,21-24,27,31-32,35,38,41,43,45-46,49-50,52-72H2,1-3H3/b10-7-,19-16-,20-17-,28-25-,29-26-,34-33-,37-36-,40-39-,44-42-,47-30-,51-48-. The molecule has 466 valence electrons. The lowest BCUT2D eigenvalue weighted by Gasteiger charge is -2.18. The average Bonchev–Trinajstić information content (AvgIpc) is 3.47. The predicted molar refractivity (Wildman–Crippen MR) is 357 cm³/mol. The average molecular weight is 1140 g/mol. The van der Waals surface area contributed by atoms with Crippen molar-refractivity contribution in [2.45, 2.75) is 316 Å². The fourth-order valence-electron chi connectivity index (χ4n) is 9.25. The largest absolute Gasteiger partial charge is 0.462 e. The van der Waals surface area contributed by atoms with Crippen LogP contribution in [0, 0.1) is 0 Å². The molecule has 0 heterocycles. The summed E-state index contributed by atoms with van der Waals surface area (Å²) in [6, 6.07) is 0. The molecule has 1 atom stereocenters. The van der Waals surface area contributed by atoms with Crippen LogP contribution in [0.3, 0.4) is 0 Å². The van der Waals surface area contributed by atoms with Crippen molar-refractivity contribution in [2.24, 2.45) is 0 Å². The number of carbonyl (C=O) groups excluding carboxylic acids is 3. The van der Waals surface area contributed by atoms with Gasteiger partial charge in [0.1, 0.15) is 13.2 Å². The van der Waals surface area contributed by atoms with Crippen LogP contribution in [0.1, 0.15) is 310 Å². The Morgan fingerprint density at radius 3 is 0.780 bits per heavy atom. The molecule has 0 saturated carbocycles. The molecule has 0 spiro atoms. The zero-order chi connectivity index (χ0) is 59.2. The van der Waals surface area contributed by atoms with Crippen LogP contribution >= 0.6 is 0 Å². The van der Waals surface area contributed by atoms with Gasteiger partial charge in [0.25, 0.3) is 0 Å². The van der Waals surface area contributed by atoms with Crippen molar-refractivity contribution in [1.82, 2.24) is 0 Å². The van der Waals surface area contributed by atoms with Gasteiger partial charge in [-0.2, -0.15) is 0 Å². The van der Waals surface area contributed by atoms with E-state index in [0.29, 0.717) is 19.3 Å². The van der Waals surface area contributed by atoms with E-state index in [9.17, 15) is 14.4 Å². The molecule has 0 aliphatic heterocycles. The second kappa shape index (κ2) is 69.0. The van der Waals surface area contributed by atoms with Crippen LogP contribution < -0.4 is 0 Å². The van der Waals surface area contributed by atoms with Gasteiger partial charge < -0.3 is 14.2 Å². The SMILES string of the molecule is CC/C=C\C/C=C\C/C=C\C/C=C\C/C=C\C/C=C\C/C=C\C/C=C\CCCCCCC(=O)OCC(COC(=O)CCCCCCC/C=C\CCCCCCCCC)OC(=O)CCCCCCCCCCC/C=C\C/C=C\CCCCC. The molecule has 0 aliphatic carbocycles. The maximum absolute atomic E-state index is 12.9. The molecule has 0 amide bonds. The Morgan fingerprint density at radius 1 is 0.256 bits per heavy atom. The summed E-state index contributed by atoms with van der Waals surface area (Å²) in [4.78, 5) is 38.4. The minimum Gasteiger partial charge on any atom is -0.462 e. The first kappa shape index (κ1) is 77.5. The number of ether oxygens (including phenoxy) is 3. The van der Waals surface area contributed by atoms with Gasteiger partial charge in [0.05, 0.1) is 0 Å². The molecule has 0 fully saturated rings. The van der Waals surface area contributed by atoms with E-state index in [2.05, 4.69) is 154 Å². The maximum atomic E-state index is 12.9. The summed E-state index contributed by atoms with van der Waals surface area (Å²) in [6.45, 7) is 6.49. The Labute approximate surface area is 506 Å². The van der Waals surface area contributed by atoms with Crippen LogP contribution in [-0.4, -0.2) is 37.2 Å². The van der Waals surface area contributed by atoms with E-state index < -0.39 is 6.10 Å². The van der Waals surface area contributed by atoms with Gasteiger partial charge >= 0.3 is 17.9 Å². The highest BCUT2D eigenvalue weighted by Gasteiger charge is 2.19. The highest BCUT2D eigenvalue weighted by atomic mass is 16.6. The van der Waals surface area contributed by atoms with E-state index in [1.165, 1.54) is 135 Å². The molecular formula is C76H126O6. The minimum atomic E-state index is -0.801. The van der Waals surface area contributed by atoms with Crippen molar-refractivity contribution in [3.8, 4) is 0 Å². The summed E-state index contributed by atoms with van der Waals surface area (Å²) in [5, 5.41) is 0. The molecule has 1 unspecified atom stereocenters. The Hall–Kier alpha value is -4.45. The van der Waals surface area contributed by atoms with E-state index >= 15 is 0 Å². The molecule has 6 heteroatoms. The second-order valence-corrected chi connectivity index (χ2v) is 22.3. The Balaban J connectivity index is 4.43. The van der Waals surface area contributed by atoms with E-state index in [0.717, 1.165) is 135 Å². The monoisotopic (exact) mass is 1130 g/mol. The van der Waals surface area contributed by atoms with Crippen molar-refractivity contribution < 1.29 is 28.6 Å². The molecule has 0 bridgehead atoms. The van der Waals surface area contributed by atoms with Gasteiger partial charge in [-0.15, -0.1) is 0 Å². The molecule has 0 N–H and O–H groups in total. The van der Waals surface area contributed by atoms with E-state index in [1.807, 2.05) is 0 Å². The van der Waals surface area contributed by atoms with Crippen molar-refractivity contribution in [1.29, 1.82) is 0 Å². The van der Waals surface area contributed by atoms with Crippen molar-refractivity contribution in [3.05, 3.63) is 134 Å². The van der Waals surface area contributed by atoms with Gasteiger partial charge in [-0.05, 0) is 141 Å². The third kappa shape index (κ3) is 66.4. The molecule has 0 saturated heterocycles. The Kier molecular flexibility index (Phi) is 65.3. The van der Waals surface area contributed by atoms with Gasteiger partial charge in [-0.1, -0.05) is 283 Å². The first-order chi connectivity index (χ1) is 40.5. The fourth-order valence-corrected chi connectivity index (χ4v) is 9.25. The first-order valence-corrected chi connectivity index (χ1v) is 34.2. The quantitative estimate of drug-likeness (QED) is 0.0261. The van der Waals surface area contributed by atoms with Crippen LogP contribution in [0.25, 0.3) is 0 Å². The zero-order valence-electron chi connectivity index (χ0n) is 53.5. The molecule has 0 aliphatic rings. The van der Waals surface area contributed by atoms with Crippen LogP contribution in [0.4, 0.5) is 0 Å². The van der Waals surface area contributed by atoms with Gasteiger partial charge in [-0.25, -0.2) is 0 Å². The van der Waals surface area contributed by atoms with E-state index in [1.54, 1.807) is 0 Å². The van der Waals surface area contributed by atoms with Gasteiger partial charge in [0, 0.05) is 19.3 Å². The molecular weight excluding hydrogens is 1010 g/mol. The normalized spacial score (nSPS) is 13.0. The Morgan fingerprint density at radius 2 is 0.476 bits per heavy atom. The lowest BCUT2D eigenvalue weighted by Crippen LogP contribution is -2.30. The van der Waals surface area contributed by atoms with E-state index in [-0.39, 0.29) is 31.1 Å². The molecule has 0 aromatic heterocycles. The summed E-state index contributed by atoms with van der Waals surface area (Å²) >= 11 is 0. The number of hydrogen-bond acceptors (Lipinski definition) is 6. The zero-order valence-corrected chi connectivity index (χ0v) is 53.5. The fraction of sp³-hybridized carbons (Fsp3) is 0.671. The highest BCUT2D eigenvalue weighted by molar-refractivity contribution is 5.71. The Bertz CT molecular complexity index is 1730. The van der Waals surface area contributed by atoms with E-state index in [4.69, 9.17) is 14.2 Å². The summed E-state index contributed by atoms with van der Waals surface area (Å²) in [5.74, 6) is -0.926.